The largest absolute Gasteiger partial charge is 0.487 e. The van der Waals surface area contributed by atoms with Crippen LogP contribution < -0.4 is 10.1 Å². The molecule has 3 aromatic rings. The molecule has 5 nitrogen and oxygen atoms in total. The third kappa shape index (κ3) is 7.35. The first-order valence-electron chi connectivity index (χ1n) is 12.1. The SMILES string of the molecule is C=CCC(CC)CC[C@H](NC(=O)c1ccc2ccccc2c1OCc1ccc(C(F)(F)F)cc1)C(=O)O. The molecule has 0 spiro atoms. The standard InChI is InChI=1S/C29H30F3NO4/c1-3-7-19(4-2)12-17-25(28(35)36)33-27(34)24-16-13-21-8-5-6-9-23(21)26(24)37-18-20-10-14-22(15-11-20)29(30,31)32/h3,5-6,8-11,13-16,19,25H,1,4,7,12,17-18H2,2H3,(H,33,34)(H,35,36)/t19?,25-/m0/s1. The predicted molar refractivity (Wildman–Crippen MR) is 136 cm³/mol. The number of carboxylic acids is 1. The van der Waals surface area contributed by atoms with E-state index in [1.54, 1.807) is 30.3 Å². The van der Waals surface area contributed by atoms with Gasteiger partial charge in [-0.1, -0.05) is 61.9 Å². The second-order valence-electron chi connectivity index (χ2n) is 8.89. The molecule has 0 fully saturated rings. The molecule has 196 valence electrons. The molecule has 0 aliphatic rings. The third-order valence-corrected chi connectivity index (χ3v) is 6.33. The van der Waals surface area contributed by atoms with Gasteiger partial charge in [-0.3, -0.25) is 4.79 Å². The molecule has 0 saturated carbocycles. The highest BCUT2D eigenvalue weighted by atomic mass is 19.4. The Balaban J connectivity index is 1.84. The molecule has 0 aromatic heterocycles. The fourth-order valence-electron chi connectivity index (χ4n) is 4.14. The lowest BCUT2D eigenvalue weighted by Crippen LogP contribution is -2.41. The number of ether oxygens (including phenoxy) is 1. The van der Waals surface area contributed by atoms with Gasteiger partial charge in [0, 0.05) is 5.39 Å². The summed E-state index contributed by atoms with van der Waals surface area (Å²) in [7, 11) is 0. The molecule has 37 heavy (non-hydrogen) atoms. The molecule has 3 aromatic carbocycles. The average molecular weight is 514 g/mol. The molecule has 0 bridgehead atoms. The highest BCUT2D eigenvalue weighted by molar-refractivity contribution is 6.04. The number of carbonyl (C=O) groups excluding carboxylic acids is 1. The molecule has 0 saturated heterocycles. The molecule has 2 atom stereocenters. The number of allylic oxidation sites excluding steroid dienone is 1. The average Bonchev–Trinajstić information content (AvgIpc) is 2.88. The van der Waals surface area contributed by atoms with Crippen molar-refractivity contribution in [3.63, 3.8) is 0 Å². The number of benzene rings is 3. The molecular weight excluding hydrogens is 483 g/mol. The maximum Gasteiger partial charge on any atom is 0.416 e. The monoisotopic (exact) mass is 513 g/mol. The van der Waals surface area contributed by atoms with Crippen LogP contribution in [-0.4, -0.2) is 23.0 Å². The summed E-state index contributed by atoms with van der Waals surface area (Å²) in [6.07, 6.45) is -0.110. The van der Waals surface area contributed by atoms with Gasteiger partial charge in [0.25, 0.3) is 5.91 Å². The van der Waals surface area contributed by atoms with E-state index in [4.69, 9.17) is 4.74 Å². The normalized spacial score (nSPS) is 13.1. The van der Waals surface area contributed by atoms with Crippen LogP contribution in [0, 0.1) is 5.92 Å². The summed E-state index contributed by atoms with van der Waals surface area (Å²) in [6, 6.07) is 14.0. The van der Waals surface area contributed by atoms with Crippen molar-refractivity contribution in [2.75, 3.05) is 0 Å². The van der Waals surface area contributed by atoms with Gasteiger partial charge in [-0.05, 0) is 54.3 Å². The van der Waals surface area contributed by atoms with Crippen molar-refractivity contribution in [2.45, 2.75) is 51.4 Å². The number of fused-ring (bicyclic) bond motifs is 1. The molecule has 0 aliphatic heterocycles. The van der Waals surface area contributed by atoms with E-state index < -0.39 is 29.7 Å². The van der Waals surface area contributed by atoms with Crippen molar-refractivity contribution in [2.24, 2.45) is 5.92 Å². The second kappa shape index (κ2) is 12.4. The maximum atomic E-state index is 13.2. The van der Waals surface area contributed by atoms with E-state index in [0.717, 1.165) is 30.4 Å². The van der Waals surface area contributed by atoms with Gasteiger partial charge in [-0.15, -0.1) is 6.58 Å². The Hall–Kier alpha value is -3.81. The minimum atomic E-state index is -4.44. The van der Waals surface area contributed by atoms with E-state index in [1.807, 2.05) is 19.1 Å². The van der Waals surface area contributed by atoms with Gasteiger partial charge >= 0.3 is 12.1 Å². The molecule has 0 radical (unpaired) electrons. The lowest BCUT2D eigenvalue weighted by Gasteiger charge is -2.20. The Bertz CT molecular complexity index is 1240. The second-order valence-corrected chi connectivity index (χ2v) is 8.89. The van der Waals surface area contributed by atoms with Gasteiger partial charge in [0.1, 0.15) is 18.4 Å². The number of halogens is 3. The zero-order valence-corrected chi connectivity index (χ0v) is 20.6. The van der Waals surface area contributed by atoms with Crippen LogP contribution >= 0.6 is 0 Å². The van der Waals surface area contributed by atoms with Crippen molar-refractivity contribution >= 4 is 22.6 Å². The molecule has 8 heteroatoms. The van der Waals surface area contributed by atoms with Crippen molar-refractivity contribution in [1.29, 1.82) is 0 Å². The van der Waals surface area contributed by atoms with Crippen LogP contribution in [0.3, 0.4) is 0 Å². The highest BCUT2D eigenvalue weighted by Crippen LogP contribution is 2.32. The van der Waals surface area contributed by atoms with Crippen LogP contribution in [0.2, 0.25) is 0 Å². The minimum Gasteiger partial charge on any atom is -0.487 e. The number of amides is 1. The fourth-order valence-corrected chi connectivity index (χ4v) is 4.14. The summed E-state index contributed by atoms with van der Waals surface area (Å²) < 4.78 is 44.6. The summed E-state index contributed by atoms with van der Waals surface area (Å²) in [6.45, 7) is 5.69. The van der Waals surface area contributed by atoms with E-state index in [9.17, 15) is 27.9 Å². The van der Waals surface area contributed by atoms with Crippen molar-refractivity contribution in [1.82, 2.24) is 5.32 Å². The molecule has 2 N–H and O–H groups in total. The molecule has 0 heterocycles. The maximum absolute atomic E-state index is 13.2. The van der Waals surface area contributed by atoms with Gasteiger partial charge in [0.05, 0.1) is 11.1 Å². The zero-order chi connectivity index (χ0) is 27.0. The fraction of sp³-hybridized carbons (Fsp3) is 0.310. The summed E-state index contributed by atoms with van der Waals surface area (Å²) in [5.74, 6) is -1.22. The van der Waals surface area contributed by atoms with Gasteiger partial charge in [0.2, 0.25) is 0 Å². The number of nitrogens with one attached hydrogen (secondary N) is 1. The summed E-state index contributed by atoms with van der Waals surface area (Å²) in [5.41, 5.74) is -0.127. The number of carboxylic acid groups (broad SMARTS) is 1. The molecule has 1 unspecified atom stereocenters. The first-order chi connectivity index (χ1) is 17.6. The Morgan fingerprint density at radius 3 is 2.38 bits per heavy atom. The van der Waals surface area contributed by atoms with E-state index in [-0.39, 0.29) is 30.3 Å². The Labute approximate surface area is 214 Å². The Kier molecular flexibility index (Phi) is 9.33. The van der Waals surface area contributed by atoms with E-state index in [1.165, 1.54) is 12.1 Å². The number of aliphatic carboxylic acids is 1. The van der Waals surface area contributed by atoms with Crippen LogP contribution in [0.1, 0.15) is 54.1 Å². The van der Waals surface area contributed by atoms with Crippen LogP contribution in [0.25, 0.3) is 10.8 Å². The van der Waals surface area contributed by atoms with Gasteiger partial charge in [0.15, 0.2) is 0 Å². The summed E-state index contributed by atoms with van der Waals surface area (Å²) in [4.78, 5) is 25.1. The van der Waals surface area contributed by atoms with Crippen LogP contribution in [0.15, 0.2) is 73.3 Å². The lowest BCUT2D eigenvalue weighted by atomic mass is 9.94. The number of hydrogen-bond acceptors (Lipinski definition) is 3. The van der Waals surface area contributed by atoms with E-state index in [2.05, 4.69) is 11.9 Å². The Morgan fingerprint density at radius 1 is 1.05 bits per heavy atom. The number of hydrogen-bond donors (Lipinski definition) is 2. The number of alkyl halides is 3. The van der Waals surface area contributed by atoms with Gasteiger partial charge < -0.3 is 15.2 Å². The summed E-state index contributed by atoms with van der Waals surface area (Å²) in [5, 5.41) is 13.8. The van der Waals surface area contributed by atoms with Gasteiger partial charge in [-0.25, -0.2) is 4.79 Å². The van der Waals surface area contributed by atoms with E-state index >= 15 is 0 Å². The van der Waals surface area contributed by atoms with Crippen molar-refractivity contribution < 1.29 is 32.6 Å². The van der Waals surface area contributed by atoms with Gasteiger partial charge in [-0.2, -0.15) is 13.2 Å². The summed E-state index contributed by atoms with van der Waals surface area (Å²) >= 11 is 0. The third-order valence-electron chi connectivity index (χ3n) is 6.33. The molecule has 1 amide bonds. The first-order valence-corrected chi connectivity index (χ1v) is 12.1. The highest BCUT2D eigenvalue weighted by Gasteiger charge is 2.30. The lowest BCUT2D eigenvalue weighted by molar-refractivity contribution is -0.139. The molecular formula is C29H30F3NO4. The van der Waals surface area contributed by atoms with Crippen LogP contribution in [0.5, 0.6) is 5.75 Å². The van der Waals surface area contributed by atoms with E-state index in [0.29, 0.717) is 17.4 Å². The van der Waals surface area contributed by atoms with Crippen LogP contribution in [0.4, 0.5) is 13.2 Å². The van der Waals surface area contributed by atoms with Crippen LogP contribution in [-0.2, 0) is 17.6 Å². The zero-order valence-electron chi connectivity index (χ0n) is 20.6. The topological polar surface area (TPSA) is 75.6 Å². The minimum absolute atomic E-state index is 0.0749. The predicted octanol–water partition coefficient (Wildman–Crippen LogP) is 7.00. The molecule has 3 rings (SSSR count). The van der Waals surface area contributed by atoms with Crippen molar-refractivity contribution in [3.8, 4) is 5.75 Å². The smallest absolute Gasteiger partial charge is 0.416 e. The number of carbonyl (C=O) groups is 2. The molecule has 0 aliphatic carbocycles. The number of rotatable bonds is 12. The first kappa shape index (κ1) is 27.8. The Morgan fingerprint density at radius 2 is 1.76 bits per heavy atom. The quantitative estimate of drug-likeness (QED) is 0.256. The van der Waals surface area contributed by atoms with Crippen molar-refractivity contribution in [3.05, 3.63) is 90.0 Å².